The molecular formula is C25H17F5N4O. The van der Waals surface area contributed by atoms with Crippen LogP contribution in [0.25, 0.3) is 22.2 Å². The molecule has 4 aromatic rings. The lowest BCUT2D eigenvalue weighted by Crippen LogP contribution is -2.24. The predicted molar refractivity (Wildman–Crippen MR) is 122 cm³/mol. The van der Waals surface area contributed by atoms with Gasteiger partial charge in [0.2, 0.25) is 5.95 Å². The van der Waals surface area contributed by atoms with Crippen molar-refractivity contribution in [3.8, 4) is 23.5 Å². The molecule has 2 N–H and O–H groups in total. The number of fused-ring (bicyclic) bond motifs is 1. The van der Waals surface area contributed by atoms with Crippen molar-refractivity contribution < 1.29 is 26.7 Å². The number of anilines is 1. The number of carbonyl (C=O) groups is 1. The monoisotopic (exact) mass is 484 g/mol. The van der Waals surface area contributed by atoms with Crippen LogP contribution < -0.4 is 10.7 Å². The summed E-state index contributed by atoms with van der Waals surface area (Å²) in [4.78, 5) is 16.4. The fraction of sp³-hybridized carbons (Fsp3) is 0.120. The number of amides is 1. The summed E-state index contributed by atoms with van der Waals surface area (Å²) in [6.45, 7) is -0.0779. The minimum Gasteiger partial charge on any atom is -0.350 e. The number of rotatable bonds is 6. The van der Waals surface area contributed by atoms with E-state index in [9.17, 15) is 26.7 Å². The minimum absolute atomic E-state index is 0.0383. The van der Waals surface area contributed by atoms with E-state index in [2.05, 4.69) is 21.6 Å². The molecule has 0 radical (unpaired) electrons. The van der Waals surface area contributed by atoms with Gasteiger partial charge in [-0.05, 0) is 29.8 Å². The SMILES string of the molecule is C#CCC(=O)Nn1c(NCc2ccc(-c3cccc(C(F)(F)F)c3F)cc2F)nc2ccccc21. The largest absolute Gasteiger partial charge is 0.419 e. The van der Waals surface area contributed by atoms with Crippen molar-refractivity contribution in [1.82, 2.24) is 9.66 Å². The standard InChI is InChI=1S/C25H17F5N4O/c1-2-6-22(35)33-34-21-10-4-3-9-20(21)32-24(34)31-14-16-12-11-15(13-19(16)26)17-7-5-8-18(23(17)27)25(28,29)30/h1,3-5,7-13H,6,14H2,(H,31,32)(H,33,35). The Balaban J connectivity index is 1.60. The van der Waals surface area contributed by atoms with E-state index in [0.717, 1.165) is 18.2 Å². The highest BCUT2D eigenvalue weighted by Crippen LogP contribution is 2.35. The van der Waals surface area contributed by atoms with Gasteiger partial charge in [0.15, 0.2) is 0 Å². The molecule has 0 spiro atoms. The van der Waals surface area contributed by atoms with E-state index in [1.165, 1.54) is 16.8 Å². The normalized spacial score (nSPS) is 11.3. The van der Waals surface area contributed by atoms with E-state index in [4.69, 9.17) is 6.42 Å². The van der Waals surface area contributed by atoms with Crippen molar-refractivity contribution in [3.05, 3.63) is 83.4 Å². The summed E-state index contributed by atoms with van der Waals surface area (Å²) in [5, 5.41) is 2.93. The molecule has 0 bridgehead atoms. The summed E-state index contributed by atoms with van der Waals surface area (Å²) in [5.41, 5.74) is 2.09. The first-order chi connectivity index (χ1) is 16.7. The van der Waals surface area contributed by atoms with Crippen molar-refractivity contribution in [1.29, 1.82) is 0 Å². The molecule has 0 saturated carbocycles. The van der Waals surface area contributed by atoms with Gasteiger partial charge in [0.1, 0.15) is 11.6 Å². The Bertz CT molecular complexity index is 1450. The van der Waals surface area contributed by atoms with Crippen molar-refractivity contribution in [2.24, 2.45) is 0 Å². The molecule has 0 atom stereocenters. The summed E-state index contributed by atoms with van der Waals surface area (Å²) in [6.07, 6.45) is 0.151. The molecule has 0 saturated heterocycles. The van der Waals surface area contributed by atoms with E-state index < -0.39 is 29.3 Å². The number of halogens is 5. The minimum atomic E-state index is -4.87. The van der Waals surface area contributed by atoms with E-state index >= 15 is 0 Å². The Hall–Kier alpha value is -4.39. The van der Waals surface area contributed by atoms with Gasteiger partial charge in [0.05, 0.1) is 23.0 Å². The Morgan fingerprint density at radius 2 is 1.83 bits per heavy atom. The fourth-order valence-electron chi connectivity index (χ4n) is 3.52. The average Bonchev–Trinajstić information content (AvgIpc) is 3.15. The third-order valence-electron chi connectivity index (χ3n) is 5.17. The lowest BCUT2D eigenvalue weighted by Gasteiger charge is -2.13. The third-order valence-corrected chi connectivity index (χ3v) is 5.17. The molecule has 4 rings (SSSR count). The van der Waals surface area contributed by atoms with Crippen LogP contribution in [0.4, 0.5) is 27.9 Å². The molecule has 0 aliphatic heterocycles. The highest BCUT2D eigenvalue weighted by molar-refractivity contribution is 5.89. The molecule has 3 aromatic carbocycles. The lowest BCUT2D eigenvalue weighted by molar-refractivity contribution is -0.139. The molecule has 5 nitrogen and oxygen atoms in total. The number of alkyl halides is 3. The average molecular weight is 484 g/mol. The number of aromatic nitrogens is 2. The molecular weight excluding hydrogens is 467 g/mol. The molecule has 35 heavy (non-hydrogen) atoms. The van der Waals surface area contributed by atoms with Gasteiger partial charge in [-0.15, -0.1) is 6.42 Å². The number of benzene rings is 3. The van der Waals surface area contributed by atoms with Gasteiger partial charge in [-0.2, -0.15) is 13.2 Å². The van der Waals surface area contributed by atoms with E-state index in [1.54, 1.807) is 24.3 Å². The Kier molecular flexibility index (Phi) is 6.42. The van der Waals surface area contributed by atoms with Crippen LogP contribution >= 0.6 is 0 Å². The second-order valence-corrected chi connectivity index (χ2v) is 7.50. The fourth-order valence-corrected chi connectivity index (χ4v) is 3.52. The van der Waals surface area contributed by atoms with Crippen LogP contribution in [0.1, 0.15) is 17.5 Å². The number of carbonyl (C=O) groups excluding carboxylic acids is 1. The van der Waals surface area contributed by atoms with Gasteiger partial charge < -0.3 is 5.32 Å². The second-order valence-electron chi connectivity index (χ2n) is 7.50. The molecule has 1 heterocycles. The van der Waals surface area contributed by atoms with Gasteiger partial charge >= 0.3 is 6.18 Å². The molecule has 0 unspecified atom stereocenters. The number of hydrogen-bond donors (Lipinski definition) is 2. The zero-order valence-corrected chi connectivity index (χ0v) is 18.0. The Morgan fingerprint density at radius 3 is 2.54 bits per heavy atom. The van der Waals surface area contributed by atoms with E-state index in [-0.39, 0.29) is 35.6 Å². The first-order valence-electron chi connectivity index (χ1n) is 10.3. The van der Waals surface area contributed by atoms with Crippen LogP contribution in [0.2, 0.25) is 0 Å². The Morgan fingerprint density at radius 1 is 1.06 bits per heavy atom. The topological polar surface area (TPSA) is 59.0 Å². The van der Waals surface area contributed by atoms with E-state index in [1.807, 2.05) is 0 Å². The summed E-state index contributed by atoms with van der Waals surface area (Å²) < 4.78 is 69.7. The zero-order valence-electron chi connectivity index (χ0n) is 18.0. The van der Waals surface area contributed by atoms with Crippen molar-refractivity contribution >= 4 is 22.9 Å². The summed E-state index contributed by atoms with van der Waals surface area (Å²) in [5.74, 6) is -0.222. The summed E-state index contributed by atoms with van der Waals surface area (Å²) >= 11 is 0. The first-order valence-corrected chi connectivity index (χ1v) is 10.3. The highest BCUT2D eigenvalue weighted by Gasteiger charge is 2.35. The second kappa shape index (κ2) is 9.46. The highest BCUT2D eigenvalue weighted by atomic mass is 19.4. The van der Waals surface area contributed by atoms with Crippen molar-refractivity contribution in [2.45, 2.75) is 19.1 Å². The first kappa shape index (κ1) is 23.8. The molecule has 1 aromatic heterocycles. The van der Waals surface area contributed by atoms with Crippen molar-refractivity contribution in [3.63, 3.8) is 0 Å². The van der Waals surface area contributed by atoms with Gasteiger partial charge in [0, 0.05) is 17.7 Å². The summed E-state index contributed by atoms with van der Waals surface area (Å²) in [7, 11) is 0. The molecule has 0 aliphatic carbocycles. The predicted octanol–water partition coefficient (Wildman–Crippen LogP) is 5.71. The van der Waals surface area contributed by atoms with E-state index in [0.29, 0.717) is 17.1 Å². The van der Waals surface area contributed by atoms with Crippen LogP contribution in [0, 0.1) is 24.0 Å². The zero-order chi connectivity index (χ0) is 25.2. The van der Waals surface area contributed by atoms with Gasteiger partial charge in [-0.3, -0.25) is 10.2 Å². The van der Waals surface area contributed by atoms with Crippen LogP contribution in [0.3, 0.4) is 0 Å². The van der Waals surface area contributed by atoms with Gasteiger partial charge in [-0.25, -0.2) is 18.4 Å². The lowest BCUT2D eigenvalue weighted by atomic mass is 10.00. The molecule has 0 aliphatic rings. The number of hydrogen-bond acceptors (Lipinski definition) is 3. The number of para-hydroxylation sites is 2. The van der Waals surface area contributed by atoms with Gasteiger partial charge in [-0.1, -0.05) is 42.3 Å². The van der Waals surface area contributed by atoms with Crippen LogP contribution in [0.5, 0.6) is 0 Å². The maximum atomic E-state index is 14.8. The molecule has 0 fully saturated rings. The van der Waals surface area contributed by atoms with Crippen LogP contribution in [-0.2, 0) is 17.5 Å². The van der Waals surface area contributed by atoms with Gasteiger partial charge in [0.25, 0.3) is 5.91 Å². The number of terminal acetylenes is 1. The maximum Gasteiger partial charge on any atom is 0.419 e. The van der Waals surface area contributed by atoms with Crippen LogP contribution in [0.15, 0.2) is 60.7 Å². The molecule has 1 amide bonds. The molecule has 10 heteroatoms. The Labute approximate surface area is 196 Å². The molecule has 178 valence electrons. The number of nitrogens with zero attached hydrogens (tertiary/aromatic N) is 2. The number of nitrogens with one attached hydrogen (secondary N) is 2. The van der Waals surface area contributed by atoms with Crippen LogP contribution in [-0.4, -0.2) is 15.6 Å². The smallest absolute Gasteiger partial charge is 0.350 e. The number of imidazole rings is 1. The quantitative estimate of drug-likeness (QED) is 0.273. The summed E-state index contributed by atoms with van der Waals surface area (Å²) in [6, 6.07) is 13.4. The maximum absolute atomic E-state index is 14.8. The third kappa shape index (κ3) is 4.94. The van der Waals surface area contributed by atoms with Crippen molar-refractivity contribution in [2.75, 3.05) is 10.7 Å².